The van der Waals surface area contributed by atoms with Crippen LogP contribution >= 0.6 is 23.2 Å². The smallest absolute Gasteiger partial charge is 0.144 e. The highest BCUT2D eigenvalue weighted by Gasteiger charge is 2.04. The average molecular weight is 318 g/mol. The maximum atomic E-state index is 6.08. The molecule has 0 aliphatic heterocycles. The van der Waals surface area contributed by atoms with Crippen LogP contribution in [-0.4, -0.2) is 16.5 Å². The Labute approximate surface area is 132 Å². The number of hydrogen-bond donors (Lipinski definition) is 1. The summed E-state index contributed by atoms with van der Waals surface area (Å²) in [5.41, 5.74) is 2.24. The van der Waals surface area contributed by atoms with Crippen molar-refractivity contribution < 1.29 is 0 Å². The van der Waals surface area contributed by atoms with E-state index < -0.39 is 0 Å². The molecule has 0 fully saturated rings. The molecule has 0 radical (unpaired) electrons. The molecule has 5 heteroatoms. The van der Waals surface area contributed by atoms with Crippen LogP contribution in [-0.2, 0) is 6.42 Å². The molecule has 2 heterocycles. The first kappa shape index (κ1) is 14.1. The van der Waals surface area contributed by atoms with Crippen molar-refractivity contribution >= 4 is 39.9 Å². The van der Waals surface area contributed by atoms with Gasteiger partial charge in [-0.15, -0.1) is 0 Å². The van der Waals surface area contributed by atoms with E-state index in [1.165, 1.54) is 5.56 Å². The van der Waals surface area contributed by atoms with Gasteiger partial charge in [-0.3, -0.25) is 4.98 Å². The lowest BCUT2D eigenvalue weighted by Gasteiger charge is -2.09. The largest absolute Gasteiger partial charge is 0.369 e. The number of aromatic nitrogens is 2. The van der Waals surface area contributed by atoms with E-state index in [2.05, 4.69) is 33.5 Å². The third-order valence-corrected chi connectivity index (χ3v) is 3.71. The Morgan fingerprint density at radius 3 is 2.76 bits per heavy atom. The van der Waals surface area contributed by atoms with Crippen LogP contribution in [0, 0.1) is 0 Å². The van der Waals surface area contributed by atoms with Gasteiger partial charge in [-0.2, -0.15) is 0 Å². The minimum absolute atomic E-state index is 0.526. The van der Waals surface area contributed by atoms with E-state index in [9.17, 15) is 0 Å². The normalized spacial score (nSPS) is 10.8. The predicted octanol–water partition coefficient (Wildman–Crippen LogP) is 4.59. The Hall–Kier alpha value is -1.84. The number of benzene rings is 1. The van der Waals surface area contributed by atoms with Crippen molar-refractivity contribution in [3.63, 3.8) is 0 Å². The summed E-state index contributed by atoms with van der Waals surface area (Å²) in [5.74, 6) is 0.647. The number of para-hydroxylation sites is 1. The first-order chi connectivity index (χ1) is 10.2. The molecule has 21 heavy (non-hydrogen) atoms. The number of hydrogen-bond acceptors (Lipinski definition) is 3. The summed E-state index contributed by atoms with van der Waals surface area (Å²) in [6, 6.07) is 11.9. The molecule has 3 aromatic rings. The Kier molecular flexibility index (Phi) is 4.23. The van der Waals surface area contributed by atoms with Crippen LogP contribution in [0.15, 0.2) is 48.8 Å². The lowest BCUT2D eigenvalue weighted by molar-refractivity contribution is 1.01. The topological polar surface area (TPSA) is 37.8 Å². The fraction of sp³-hybridized carbons (Fsp3) is 0.125. The molecule has 0 spiro atoms. The zero-order valence-electron chi connectivity index (χ0n) is 11.2. The summed E-state index contributed by atoms with van der Waals surface area (Å²) in [6.45, 7) is 0.726. The summed E-state index contributed by atoms with van der Waals surface area (Å²) in [4.78, 5) is 8.63. The van der Waals surface area contributed by atoms with Gasteiger partial charge in [-0.05, 0) is 24.1 Å². The quantitative estimate of drug-likeness (QED) is 0.764. The highest BCUT2D eigenvalue weighted by atomic mass is 35.5. The van der Waals surface area contributed by atoms with E-state index in [4.69, 9.17) is 23.2 Å². The van der Waals surface area contributed by atoms with E-state index in [0.717, 1.165) is 23.9 Å². The van der Waals surface area contributed by atoms with E-state index in [-0.39, 0.29) is 0 Å². The van der Waals surface area contributed by atoms with Crippen molar-refractivity contribution in [2.45, 2.75) is 6.42 Å². The average Bonchev–Trinajstić information content (AvgIpc) is 2.50. The fourth-order valence-electron chi connectivity index (χ4n) is 2.23. The molecule has 0 aliphatic carbocycles. The number of rotatable bonds is 4. The standard InChI is InChI=1S/C16H13Cl2N3/c17-13-9-14(18)16(21-10-13)20-8-6-12-4-1-3-11-5-2-7-19-15(11)12/h1-5,7,9-10H,6,8H2,(H,20,21). The Balaban J connectivity index is 1.72. The van der Waals surface area contributed by atoms with Crippen LogP contribution in [0.3, 0.4) is 0 Å². The minimum atomic E-state index is 0.526. The molecule has 0 atom stereocenters. The van der Waals surface area contributed by atoms with Crippen LogP contribution in [0.2, 0.25) is 10.0 Å². The second-order valence-electron chi connectivity index (χ2n) is 4.65. The first-order valence-electron chi connectivity index (χ1n) is 6.61. The van der Waals surface area contributed by atoms with Gasteiger partial charge >= 0.3 is 0 Å². The van der Waals surface area contributed by atoms with Gasteiger partial charge in [0.25, 0.3) is 0 Å². The molecule has 2 aromatic heterocycles. The highest BCUT2D eigenvalue weighted by molar-refractivity contribution is 6.35. The second kappa shape index (κ2) is 6.29. The number of anilines is 1. The Bertz CT molecular complexity index is 769. The monoisotopic (exact) mass is 317 g/mol. The van der Waals surface area contributed by atoms with Crippen LogP contribution in [0.5, 0.6) is 0 Å². The van der Waals surface area contributed by atoms with Crippen LogP contribution in [0.25, 0.3) is 10.9 Å². The first-order valence-corrected chi connectivity index (χ1v) is 7.37. The van der Waals surface area contributed by atoms with Crippen molar-refractivity contribution in [3.8, 4) is 0 Å². The van der Waals surface area contributed by atoms with Gasteiger partial charge in [0.2, 0.25) is 0 Å². The van der Waals surface area contributed by atoms with Gasteiger partial charge in [0.1, 0.15) is 5.82 Å². The molecular weight excluding hydrogens is 305 g/mol. The Morgan fingerprint density at radius 1 is 1.05 bits per heavy atom. The summed E-state index contributed by atoms with van der Waals surface area (Å²) in [5, 5.41) is 5.43. The molecule has 0 bridgehead atoms. The predicted molar refractivity (Wildman–Crippen MR) is 88.2 cm³/mol. The molecule has 3 nitrogen and oxygen atoms in total. The Morgan fingerprint density at radius 2 is 1.90 bits per heavy atom. The molecule has 1 N–H and O–H groups in total. The third-order valence-electron chi connectivity index (χ3n) is 3.21. The number of nitrogens with zero attached hydrogens (tertiary/aromatic N) is 2. The molecule has 0 saturated heterocycles. The minimum Gasteiger partial charge on any atom is -0.369 e. The van der Waals surface area contributed by atoms with Crippen molar-refractivity contribution in [1.29, 1.82) is 0 Å². The number of fused-ring (bicyclic) bond motifs is 1. The lowest BCUT2D eigenvalue weighted by Crippen LogP contribution is -2.07. The summed E-state index contributed by atoms with van der Waals surface area (Å²) in [6.07, 6.45) is 4.24. The van der Waals surface area contributed by atoms with E-state index in [1.807, 2.05) is 18.3 Å². The van der Waals surface area contributed by atoms with E-state index >= 15 is 0 Å². The van der Waals surface area contributed by atoms with Crippen LogP contribution < -0.4 is 5.32 Å². The summed E-state index contributed by atoms with van der Waals surface area (Å²) in [7, 11) is 0. The molecule has 0 unspecified atom stereocenters. The molecule has 0 amide bonds. The van der Waals surface area contributed by atoms with Crippen molar-refractivity contribution in [2.24, 2.45) is 0 Å². The fourth-order valence-corrected chi connectivity index (χ4v) is 2.68. The second-order valence-corrected chi connectivity index (χ2v) is 5.50. The van der Waals surface area contributed by atoms with Gasteiger partial charge in [0.15, 0.2) is 0 Å². The third kappa shape index (κ3) is 3.26. The van der Waals surface area contributed by atoms with Gasteiger partial charge < -0.3 is 5.32 Å². The number of halogens is 2. The number of nitrogens with one attached hydrogen (secondary N) is 1. The SMILES string of the molecule is Clc1cnc(NCCc2cccc3cccnc23)c(Cl)c1. The van der Waals surface area contributed by atoms with Crippen molar-refractivity contribution in [3.05, 3.63) is 64.4 Å². The molecular formula is C16H13Cl2N3. The summed E-state index contributed by atoms with van der Waals surface area (Å²) >= 11 is 11.9. The van der Waals surface area contributed by atoms with Gasteiger partial charge in [0, 0.05) is 24.3 Å². The van der Waals surface area contributed by atoms with Gasteiger partial charge in [-0.1, -0.05) is 47.5 Å². The summed E-state index contributed by atoms with van der Waals surface area (Å²) < 4.78 is 0. The molecule has 106 valence electrons. The lowest BCUT2D eigenvalue weighted by atomic mass is 10.1. The van der Waals surface area contributed by atoms with E-state index in [1.54, 1.807) is 12.3 Å². The maximum Gasteiger partial charge on any atom is 0.144 e. The van der Waals surface area contributed by atoms with Crippen LogP contribution in [0.1, 0.15) is 5.56 Å². The maximum absolute atomic E-state index is 6.08. The molecule has 1 aromatic carbocycles. The zero-order valence-corrected chi connectivity index (χ0v) is 12.7. The van der Waals surface area contributed by atoms with Crippen molar-refractivity contribution in [1.82, 2.24) is 9.97 Å². The van der Waals surface area contributed by atoms with Gasteiger partial charge in [0.05, 0.1) is 15.6 Å². The van der Waals surface area contributed by atoms with Crippen molar-refractivity contribution in [2.75, 3.05) is 11.9 Å². The van der Waals surface area contributed by atoms with Gasteiger partial charge in [-0.25, -0.2) is 4.98 Å². The van der Waals surface area contributed by atoms with E-state index in [0.29, 0.717) is 15.9 Å². The molecule has 0 saturated carbocycles. The zero-order chi connectivity index (χ0) is 14.7. The molecule has 3 rings (SSSR count). The number of pyridine rings is 2. The highest BCUT2D eigenvalue weighted by Crippen LogP contribution is 2.22. The van der Waals surface area contributed by atoms with Crippen LogP contribution in [0.4, 0.5) is 5.82 Å². The molecule has 0 aliphatic rings.